The lowest BCUT2D eigenvalue weighted by molar-refractivity contribution is -0.698. The van der Waals surface area contributed by atoms with Gasteiger partial charge < -0.3 is 21.5 Å². The maximum absolute atomic E-state index is 12.1. The summed E-state index contributed by atoms with van der Waals surface area (Å²) < 4.78 is 1.83. The van der Waals surface area contributed by atoms with E-state index in [1.54, 1.807) is 20.4 Å². The number of imide groups is 1. The molecule has 3 amide bonds. The Balaban J connectivity index is 0.00000161. The second kappa shape index (κ2) is 5.79. The number of fused-ring (bicyclic) bond motifs is 1. The molecule has 6 nitrogen and oxygen atoms in total. The summed E-state index contributed by atoms with van der Waals surface area (Å²) in [5.41, 5.74) is 1.44. The number of hydrogen-bond acceptors (Lipinski definition) is 3. The van der Waals surface area contributed by atoms with E-state index in [2.05, 4.69) is 4.98 Å². The maximum atomic E-state index is 12.1. The fraction of sp³-hybridized carbons (Fsp3) is 0.214. The van der Waals surface area contributed by atoms with Crippen LogP contribution in [0.4, 0.5) is 10.6 Å². The number of imidazole rings is 1. The zero-order valence-electron chi connectivity index (χ0n) is 11.7. The molecule has 1 N–H and O–H groups in total. The molecule has 2 aromatic rings. The molecule has 0 aliphatic carbocycles. The van der Waals surface area contributed by atoms with Gasteiger partial charge in [-0.1, -0.05) is 30.3 Å². The van der Waals surface area contributed by atoms with Gasteiger partial charge in [0.05, 0.1) is 19.9 Å². The molecule has 21 heavy (non-hydrogen) atoms. The zero-order chi connectivity index (χ0) is 14.3. The summed E-state index contributed by atoms with van der Waals surface area (Å²) in [6.45, 7) is 0.577. The first-order chi connectivity index (χ1) is 9.59. The molecule has 7 heteroatoms. The number of carbonyl (C=O) groups is 2. The molecule has 0 fully saturated rings. The number of nitrogens with one attached hydrogen (secondary N) is 1. The Labute approximate surface area is 132 Å². The van der Waals surface area contributed by atoms with Crippen molar-refractivity contribution in [2.24, 2.45) is 0 Å². The van der Waals surface area contributed by atoms with E-state index in [4.69, 9.17) is 0 Å². The maximum Gasteiger partial charge on any atom is 0.430 e. The highest BCUT2D eigenvalue weighted by Gasteiger charge is 2.41. The van der Waals surface area contributed by atoms with Gasteiger partial charge in [-0.15, -0.1) is 0 Å². The van der Waals surface area contributed by atoms with E-state index < -0.39 is 0 Å². The Bertz CT molecular complexity index is 684. The standard InChI is InChI=1S/C14H14N4O2.BrH/c1-16-12-11(13(19)17(2)14(16)20)15-9-18(12)8-10-6-4-3-5-7-10;/h3-7,9H,8H2,1-2H3;1H. The molecular weight excluding hydrogens is 336 g/mol. The van der Waals surface area contributed by atoms with Crippen LogP contribution in [0.5, 0.6) is 0 Å². The van der Waals surface area contributed by atoms with Crippen LogP contribution in [0.1, 0.15) is 16.1 Å². The van der Waals surface area contributed by atoms with Crippen molar-refractivity contribution in [2.75, 3.05) is 19.0 Å². The van der Waals surface area contributed by atoms with Crippen molar-refractivity contribution in [1.82, 2.24) is 9.55 Å². The Morgan fingerprint density at radius 3 is 2.52 bits per heavy atom. The normalized spacial score (nSPS) is 17.4. The van der Waals surface area contributed by atoms with Crippen LogP contribution in [0.2, 0.25) is 0 Å². The minimum absolute atomic E-state index is 0. The van der Waals surface area contributed by atoms with Crippen LogP contribution in [0, 0.1) is 0 Å². The first-order valence-corrected chi connectivity index (χ1v) is 6.35. The highest BCUT2D eigenvalue weighted by atomic mass is 79.9. The Hall–Kier alpha value is -1.99. The average molecular weight is 351 g/mol. The number of aromatic nitrogens is 2. The molecule has 1 aliphatic heterocycles. The highest BCUT2D eigenvalue weighted by molar-refractivity contribution is 6.05. The van der Waals surface area contributed by atoms with Crippen LogP contribution < -0.4 is 26.8 Å². The molecule has 1 atom stereocenters. The second-order valence-electron chi connectivity index (χ2n) is 4.85. The molecule has 2 heterocycles. The van der Waals surface area contributed by atoms with E-state index in [0.29, 0.717) is 18.1 Å². The van der Waals surface area contributed by atoms with Crippen molar-refractivity contribution in [3.8, 4) is 0 Å². The van der Waals surface area contributed by atoms with Crippen LogP contribution in [-0.4, -0.2) is 35.6 Å². The van der Waals surface area contributed by atoms with Crippen molar-refractivity contribution in [3.63, 3.8) is 0 Å². The monoisotopic (exact) mass is 350 g/mol. The molecule has 110 valence electrons. The van der Waals surface area contributed by atoms with Gasteiger partial charge in [-0.25, -0.2) is 19.5 Å². The van der Waals surface area contributed by atoms with Gasteiger partial charge in [0.2, 0.25) is 5.69 Å². The second-order valence-corrected chi connectivity index (χ2v) is 4.85. The molecule has 1 aromatic heterocycles. The van der Waals surface area contributed by atoms with E-state index >= 15 is 0 Å². The SMILES string of the molecule is CN1C(=O)[NH+](C)C(=O)c2ncn(Cc3ccccc3)c21.[Br-]. The molecule has 0 spiro atoms. The van der Waals surface area contributed by atoms with Crippen molar-refractivity contribution in [2.45, 2.75) is 6.54 Å². The summed E-state index contributed by atoms with van der Waals surface area (Å²) in [5, 5.41) is 0. The minimum Gasteiger partial charge on any atom is -1.00 e. The molecule has 0 bridgehead atoms. The van der Waals surface area contributed by atoms with Crippen molar-refractivity contribution in [3.05, 3.63) is 47.9 Å². The molecule has 1 aromatic carbocycles. The van der Waals surface area contributed by atoms with Gasteiger partial charge in [0, 0.05) is 7.05 Å². The van der Waals surface area contributed by atoms with Crippen LogP contribution in [-0.2, 0) is 6.54 Å². The number of amides is 3. The fourth-order valence-corrected chi connectivity index (χ4v) is 2.41. The summed E-state index contributed by atoms with van der Waals surface area (Å²) in [7, 11) is 3.21. The minimum atomic E-state index is -0.282. The average Bonchev–Trinajstić information content (AvgIpc) is 2.88. The lowest BCUT2D eigenvalue weighted by Crippen LogP contribution is -3.16. The summed E-state index contributed by atoms with van der Waals surface area (Å²) in [6.07, 6.45) is 1.61. The predicted molar refractivity (Wildman–Crippen MR) is 72.8 cm³/mol. The number of halogens is 1. The molecule has 0 saturated carbocycles. The molecule has 1 aliphatic rings. The van der Waals surface area contributed by atoms with E-state index in [1.165, 1.54) is 4.90 Å². The van der Waals surface area contributed by atoms with Crippen molar-refractivity contribution >= 4 is 17.8 Å². The van der Waals surface area contributed by atoms with Gasteiger partial charge in [-0.3, -0.25) is 0 Å². The summed E-state index contributed by atoms with van der Waals surface area (Å²) in [4.78, 5) is 30.0. The molecule has 0 radical (unpaired) electrons. The largest absolute Gasteiger partial charge is 1.00 e. The third-order valence-electron chi connectivity index (χ3n) is 3.50. The van der Waals surface area contributed by atoms with Crippen LogP contribution in [0.3, 0.4) is 0 Å². The van der Waals surface area contributed by atoms with Gasteiger partial charge in [0.15, 0.2) is 5.82 Å². The van der Waals surface area contributed by atoms with Gasteiger partial charge in [-0.05, 0) is 5.56 Å². The van der Waals surface area contributed by atoms with Gasteiger partial charge in [0.25, 0.3) is 0 Å². The summed E-state index contributed by atoms with van der Waals surface area (Å²) in [6, 6.07) is 9.58. The topological polar surface area (TPSA) is 59.6 Å². The van der Waals surface area contributed by atoms with Crippen LogP contribution >= 0.6 is 0 Å². The van der Waals surface area contributed by atoms with E-state index in [-0.39, 0.29) is 33.8 Å². The van der Waals surface area contributed by atoms with Crippen molar-refractivity contribution in [1.29, 1.82) is 0 Å². The number of benzene rings is 1. The number of urea groups is 1. The van der Waals surface area contributed by atoms with Gasteiger partial charge in [0.1, 0.15) is 0 Å². The summed E-state index contributed by atoms with van der Waals surface area (Å²) in [5.74, 6) is 0.282. The quantitative estimate of drug-likeness (QED) is 0.634. The number of anilines is 1. The highest BCUT2D eigenvalue weighted by Crippen LogP contribution is 2.21. The zero-order valence-corrected chi connectivity index (χ0v) is 13.3. The molecule has 1 unspecified atom stereocenters. The summed E-state index contributed by atoms with van der Waals surface area (Å²) >= 11 is 0. The fourth-order valence-electron chi connectivity index (χ4n) is 2.41. The van der Waals surface area contributed by atoms with E-state index in [0.717, 1.165) is 5.56 Å². The van der Waals surface area contributed by atoms with Gasteiger partial charge >= 0.3 is 11.9 Å². The lowest BCUT2D eigenvalue weighted by Gasteiger charge is -2.24. The Morgan fingerprint density at radius 1 is 1.19 bits per heavy atom. The first kappa shape index (κ1) is 15.4. The third kappa shape index (κ3) is 2.50. The van der Waals surface area contributed by atoms with E-state index in [9.17, 15) is 9.59 Å². The Morgan fingerprint density at radius 2 is 1.86 bits per heavy atom. The molecule has 3 rings (SSSR count). The van der Waals surface area contributed by atoms with Crippen LogP contribution in [0.15, 0.2) is 36.7 Å². The third-order valence-corrected chi connectivity index (χ3v) is 3.50. The number of hydrogen-bond donors (Lipinski definition) is 1. The number of quaternary nitrogens is 1. The number of nitrogens with zero attached hydrogens (tertiary/aromatic N) is 3. The molecular formula is C14H15BrN4O2. The van der Waals surface area contributed by atoms with Crippen LogP contribution in [0.25, 0.3) is 0 Å². The lowest BCUT2D eigenvalue weighted by atomic mass is 10.2. The number of carbonyl (C=O) groups excluding carboxylic acids is 2. The predicted octanol–water partition coefficient (Wildman–Crippen LogP) is -2.84. The molecule has 0 saturated heterocycles. The number of rotatable bonds is 2. The van der Waals surface area contributed by atoms with Crippen molar-refractivity contribution < 1.29 is 31.5 Å². The Kier molecular flexibility index (Phi) is 4.24. The van der Waals surface area contributed by atoms with E-state index in [1.807, 2.05) is 34.9 Å². The first-order valence-electron chi connectivity index (χ1n) is 6.35. The van der Waals surface area contributed by atoms with Gasteiger partial charge in [-0.2, -0.15) is 4.90 Å². The smallest absolute Gasteiger partial charge is 0.430 e.